The number of thioether (sulfide) groups is 1. The van der Waals surface area contributed by atoms with Crippen molar-refractivity contribution in [2.75, 3.05) is 43.4 Å². The summed E-state index contributed by atoms with van der Waals surface area (Å²) in [7, 11) is 0. The van der Waals surface area contributed by atoms with Gasteiger partial charge in [-0.2, -0.15) is 0 Å². The Balaban J connectivity index is 0.00000131. The molecule has 0 aromatic carbocycles. The number of nitrogens with one attached hydrogen (secondary N) is 4. The second-order valence-electron chi connectivity index (χ2n) is 6.04. The number of halogens is 2. The van der Waals surface area contributed by atoms with Crippen molar-refractivity contribution in [3.63, 3.8) is 0 Å². The molecule has 27 heavy (non-hydrogen) atoms. The lowest BCUT2D eigenvalue weighted by atomic mass is 10.2. The molecule has 2 aromatic rings. The van der Waals surface area contributed by atoms with Gasteiger partial charge in [0, 0.05) is 56.9 Å². The van der Waals surface area contributed by atoms with Gasteiger partial charge < -0.3 is 25.8 Å². The van der Waals surface area contributed by atoms with Crippen molar-refractivity contribution in [2.45, 2.75) is 6.04 Å². The van der Waals surface area contributed by atoms with Crippen molar-refractivity contribution < 1.29 is 4.79 Å². The fourth-order valence-corrected chi connectivity index (χ4v) is 3.95. The Kier molecular flexibility index (Phi) is 8.18. The van der Waals surface area contributed by atoms with Gasteiger partial charge >= 0.3 is 0 Å². The van der Waals surface area contributed by atoms with Crippen LogP contribution in [0.1, 0.15) is 0 Å². The van der Waals surface area contributed by atoms with Gasteiger partial charge in [-0.3, -0.25) is 4.79 Å². The fraction of sp³-hybridized carbons (Fsp3) is 0.438. The molecule has 1 amide bonds. The molecule has 2 aromatic heterocycles. The average Bonchev–Trinajstić information content (AvgIpc) is 3.16. The number of anilines is 1. The van der Waals surface area contributed by atoms with E-state index in [1.54, 1.807) is 18.1 Å². The minimum Gasteiger partial charge on any atom is -0.350 e. The van der Waals surface area contributed by atoms with Crippen LogP contribution in [0.15, 0.2) is 29.7 Å². The number of aromatic nitrogens is 3. The van der Waals surface area contributed by atoms with E-state index in [0.717, 1.165) is 53.7 Å². The van der Waals surface area contributed by atoms with Crippen molar-refractivity contribution in [1.29, 1.82) is 0 Å². The number of hydrogen-bond donors (Lipinski definition) is 4. The zero-order valence-electron chi connectivity index (χ0n) is 14.6. The molecule has 8 nitrogen and oxygen atoms in total. The summed E-state index contributed by atoms with van der Waals surface area (Å²) < 4.78 is 0. The zero-order valence-corrected chi connectivity index (χ0v) is 17.1. The number of hydrogen-bond acceptors (Lipinski definition) is 7. The molecule has 0 aliphatic carbocycles. The largest absolute Gasteiger partial charge is 0.350 e. The molecule has 2 aliphatic heterocycles. The highest BCUT2D eigenvalue weighted by Gasteiger charge is 2.21. The molecule has 1 atom stereocenters. The molecule has 4 N–H and O–H groups in total. The molecule has 0 spiro atoms. The van der Waals surface area contributed by atoms with Gasteiger partial charge in [0.05, 0.1) is 10.3 Å². The van der Waals surface area contributed by atoms with E-state index in [0.29, 0.717) is 6.54 Å². The molecule has 0 bridgehead atoms. The van der Waals surface area contributed by atoms with Crippen molar-refractivity contribution >= 4 is 59.3 Å². The summed E-state index contributed by atoms with van der Waals surface area (Å²) in [4.78, 5) is 27.0. The van der Waals surface area contributed by atoms with E-state index >= 15 is 0 Å². The second kappa shape index (κ2) is 10.1. The van der Waals surface area contributed by atoms with E-state index < -0.39 is 0 Å². The molecular formula is C16H23Cl2N7OS. The Bertz CT molecular complexity index is 794. The Morgan fingerprint density at radius 2 is 2.22 bits per heavy atom. The van der Waals surface area contributed by atoms with Crippen molar-refractivity contribution in [3.05, 3.63) is 29.7 Å². The Morgan fingerprint density at radius 1 is 1.33 bits per heavy atom. The molecule has 11 heteroatoms. The highest BCUT2D eigenvalue weighted by molar-refractivity contribution is 8.04. The molecule has 4 rings (SSSR count). The highest BCUT2D eigenvalue weighted by Crippen LogP contribution is 2.28. The fourth-order valence-electron chi connectivity index (χ4n) is 3.04. The Morgan fingerprint density at radius 3 is 3.04 bits per heavy atom. The first-order chi connectivity index (χ1) is 12.3. The third-order valence-electron chi connectivity index (χ3n) is 4.33. The lowest BCUT2D eigenvalue weighted by Gasteiger charge is -2.27. The SMILES string of the molecule is Cl.Cl.O=C(NCC1CNCCN1)C1=CN(c2ncnc3[nH]ccc23)CCS1. The summed E-state index contributed by atoms with van der Waals surface area (Å²) in [5, 5.41) is 10.7. The van der Waals surface area contributed by atoms with Gasteiger partial charge in [0.1, 0.15) is 17.8 Å². The van der Waals surface area contributed by atoms with Crippen molar-refractivity contribution in [2.24, 2.45) is 0 Å². The standard InChI is InChI=1S/C16H21N7OS.2ClH/c24-16(20-8-11-7-17-3-4-18-11)13-9-23(5-6-25-13)15-12-1-2-19-14(12)21-10-22-15;;/h1-2,9-11,17-18H,3-8H2,(H,20,24)(H,19,21,22);2*1H. The summed E-state index contributed by atoms with van der Waals surface area (Å²) in [5.74, 6) is 1.65. The normalized spacial score (nSPS) is 19.6. The number of piperazine rings is 1. The lowest BCUT2D eigenvalue weighted by molar-refractivity contribution is -0.116. The molecule has 0 saturated carbocycles. The van der Waals surface area contributed by atoms with Crippen molar-refractivity contribution in [1.82, 2.24) is 30.9 Å². The van der Waals surface area contributed by atoms with Crippen LogP contribution in [0, 0.1) is 0 Å². The monoisotopic (exact) mass is 431 g/mol. The van der Waals surface area contributed by atoms with Crippen LogP contribution in [0.5, 0.6) is 0 Å². The molecule has 1 unspecified atom stereocenters. The van der Waals surface area contributed by atoms with E-state index in [-0.39, 0.29) is 36.8 Å². The molecule has 1 saturated heterocycles. The Labute approximate surface area is 174 Å². The lowest BCUT2D eigenvalue weighted by Crippen LogP contribution is -2.53. The van der Waals surface area contributed by atoms with Crippen LogP contribution in [0.4, 0.5) is 5.82 Å². The van der Waals surface area contributed by atoms with Crippen LogP contribution in [-0.4, -0.2) is 65.4 Å². The summed E-state index contributed by atoms with van der Waals surface area (Å²) in [6.07, 6.45) is 5.29. The quantitative estimate of drug-likeness (QED) is 0.569. The van der Waals surface area contributed by atoms with Gasteiger partial charge in [0.15, 0.2) is 0 Å². The minimum atomic E-state index is -0.0264. The molecular weight excluding hydrogens is 409 g/mol. The summed E-state index contributed by atoms with van der Waals surface area (Å²) in [6.45, 7) is 4.23. The van der Waals surface area contributed by atoms with Gasteiger partial charge in [0.25, 0.3) is 5.91 Å². The predicted molar refractivity (Wildman–Crippen MR) is 114 cm³/mol. The van der Waals surface area contributed by atoms with Gasteiger partial charge in [-0.15, -0.1) is 36.6 Å². The number of amides is 1. The minimum absolute atomic E-state index is 0. The first-order valence-electron chi connectivity index (χ1n) is 8.43. The molecule has 1 fully saturated rings. The van der Waals surface area contributed by atoms with E-state index in [9.17, 15) is 4.79 Å². The van der Waals surface area contributed by atoms with Crippen LogP contribution < -0.4 is 20.9 Å². The predicted octanol–water partition coefficient (Wildman–Crippen LogP) is 0.874. The summed E-state index contributed by atoms with van der Waals surface area (Å²) in [6, 6.07) is 2.24. The van der Waals surface area contributed by atoms with Gasteiger partial charge in [-0.25, -0.2) is 9.97 Å². The third kappa shape index (κ3) is 5.05. The van der Waals surface area contributed by atoms with Gasteiger partial charge in [0.2, 0.25) is 0 Å². The number of fused-ring (bicyclic) bond motifs is 1. The first-order valence-corrected chi connectivity index (χ1v) is 9.41. The van der Waals surface area contributed by atoms with Gasteiger partial charge in [-0.05, 0) is 6.07 Å². The number of aromatic amines is 1. The highest BCUT2D eigenvalue weighted by atomic mass is 35.5. The van der Waals surface area contributed by atoms with E-state index in [4.69, 9.17) is 0 Å². The molecule has 2 aliphatic rings. The topological polar surface area (TPSA) is 98.0 Å². The second-order valence-corrected chi connectivity index (χ2v) is 7.17. The van der Waals surface area contributed by atoms with E-state index in [2.05, 4.69) is 30.9 Å². The maximum atomic E-state index is 12.5. The molecule has 4 heterocycles. The maximum Gasteiger partial charge on any atom is 0.259 e. The van der Waals surface area contributed by atoms with Crippen molar-refractivity contribution in [3.8, 4) is 0 Å². The zero-order chi connectivity index (χ0) is 17.1. The van der Waals surface area contributed by atoms with Gasteiger partial charge in [-0.1, -0.05) is 0 Å². The number of carbonyl (C=O) groups is 1. The molecule has 0 radical (unpaired) electrons. The Hall–Kier alpha value is -1.52. The third-order valence-corrected chi connectivity index (χ3v) is 5.31. The number of rotatable bonds is 4. The number of nitrogens with zero attached hydrogens (tertiary/aromatic N) is 3. The van der Waals surface area contributed by atoms with Crippen LogP contribution in [-0.2, 0) is 4.79 Å². The smallest absolute Gasteiger partial charge is 0.259 e. The van der Waals surface area contributed by atoms with Crippen LogP contribution >= 0.6 is 36.6 Å². The number of H-pyrrole nitrogens is 1. The average molecular weight is 432 g/mol. The first kappa shape index (κ1) is 21.8. The van der Waals surface area contributed by atoms with Crippen LogP contribution in [0.25, 0.3) is 11.0 Å². The summed E-state index contributed by atoms with van der Waals surface area (Å²) in [5.41, 5.74) is 0.804. The van der Waals surface area contributed by atoms with Crippen LogP contribution in [0.3, 0.4) is 0 Å². The van der Waals surface area contributed by atoms with Crippen LogP contribution in [0.2, 0.25) is 0 Å². The number of carbonyl (C=O) groups excluding carboxylic acids is 1. The summed E-state index contributed by atoms with van der Waals surface area (Å²) >= 11 is 1.58. The van der Waals surface area contributed by atoms with E-state index in [1.165, 1.54) is 0 Å². The molecule has 148 valence electrons. The van der Waals surface area contributed by atoms with E-state index in [1.807, 2.05) is 23.4 Å². The maximum absolute atomic E-state index is 12.5.